The van der Waals surface area contributed by atoms with Gasteiger partial charge >= 0.3 is 0 Å². The largest absolute Gasteiger partial charge is 0.310 e. The quantitative estimate of drug-likeness (QED) is 0.858. The number of hydrogen-bond acceptors (Lipinski definition) is 2. The molecule has 12 heavy (non-hydrogen) atoms. The van der Waals surface area contributed by atoms with Gasteiger partial charge in [0, 0.05) is 20.8 Å². The van der Waals surface area contributed by atoms with E-state index in [0.717, 1.165) is 13.0 Å². The van der Waals surface area contributed by atoms with Crippen LogP contribution in [0.15, 0.2) is 15.9 Å². The van der Waals surface area contributed by atoms with E-state index in [0.29, 0.717) is 6.04 Å². The molecule has 0 fully saturated rings. The number of thiophene rings is 1. The summed E-state index contributed by atoms with van der Waals surface area (Å²) in [5.41, 5.74) is 0. The minimum atomic E-state index is 0.534. The topological polar surface area (TPSA) is 12.0 Å². The van der Waals surface area contributed by atoms with Crippen molar-refractivity contribution in [2.24, 2.45) is 0 Å². The third-order valence-electron chi connectivity index (χ3n) is 1.79. The molecule has 1 N–H and O–H groups in total. The van der Waals surface area contributed by atoms with Gasteiger partial charge < -0.3 is 5.32 Å². The van der Waals surface area contributed by atoms with Crippen molar-refractivity contribution >= 4 is 27.3 Å². The van der Waals surface area contributed by atoms with Gasteiger partial charge in [0.2, 0.25) is 0 Å². The Balaban J connectivity index is 2.66. The maximum absolute atomic E-state index is 3.46. The van der Waals surface area contributed by atoms with E-state index in [9.17, 15) is 0 Å². The summed E-state index contributed by atoms with van der Waals surface area (Å²) in [5, 5.41) is 5.59. The van der Waals surface area contributed by atoms with E-state index in [1.165, 1.54) is 9.35 Å². The summed E-state index contributed by atoms with van der Waals surface area (Å²) < 4.78 is 1.19. The number of rotatable bonds is 4. The molecule has 1 rings (SSSR count). The summed E-state index contributed by atoms with van der Waals surface area (Å²) in [6.07, 6.45) is 1.15. The van der Waals surface area contributed by atoms with E-state index in [2.05, 4.69) is 46.5 Å². The average Bonchev–Trinajstić information content (AvgIpc) is 2.47. The second kappa shape index (κ2) is 5.00. The summed E-state index contributed by atoms with van der Waals surface area (Å²) in [4.78, 5) is 1.42. The minimum Gasteiger partial charge on any atom is -0.310 e. The molecule has 0 aromatic carbocycles. The summed E-state index contributed by atoms with van der Waals surface area (Å²) in [6, 6.07) is 2.73. The molecular weight excluding hydrogens is 234 g/mol. The summed E-state index contributed by atoms with van der Waals surface area (Å²) in [6.45, 7) is 5.39. The highest BCUT2D eigenvalue weighted by molar-refractivity contribution is 9.10. The predicted octanol–water partition coefficient (Wildman–Crippen LogP) is 3.57. The Bertz CT molecular complexity index is 234. The summed E-state index contributed by atoms with van der Waals surface area (Å²) >= 11 is 5.28. The molecule has 1 aromatic heterocycles. The highest BCUT2D eigenvalue weighted by Crippen LogP contribution is 2.27. The molecule has 0 saturated carbocycles. The Kier molecular flexibility index (Phi) is 4.26. The Hall–Kier alpha value is 0.140. The van der Waals surface area contributed by atoms with E-state index in [-0.39, 0.29) is 0 Å². The first-order chi connectivity index (χ1) is 5.77. The SMILES string of the molecule is CCNC(CC)c1cc(Br)cs1. The van der Waals surface area contributed by atoms with E-state index in [1.807, 2.05) is 11.3 Å². The molecule has 1 aromatic rings. The molecule has 0 saturated heterocycles. The predicted molar refractivity (Wildman–Crippen MR) is 58.7 cm³/mol. The number of halogens is 1. The molecule has 68 valence electrons. The first-order valence-electron chi connectivity index (χ1n) is 4.25. The normalized spacial score (nSPS) is 13.2. The van der Waals surface area contributed by atoms with Crippen molar-refractivity contribution in [3.05, 3.63) is 20.8 Å². The van der Waals surface area contributed by atoms with Crippen LogP contribution < -0.4 is 5.32 Å². The fraction of sp³-hybridized carbons (Fsp3) is 0.556. The second-order valence-electron chi connectivity index (χ2n) is 2.69. The van der Waals surface area contributed by atoms with Crippen molar-refractivity contribution in [3.8, 4) is 0 Å². The lowest BCUT2D eigenvalue weighted by Crippen LogP contribution is -2.18. The summed E-state index contributed by atoms with van der Waals surface area (Å²) in [7, 11) is 0. The van der Waals surface area contributed by atoms with Gasteiger partial charge in [-0.1, -0.05) is 13.8 Å². The van der Waals surface area contributed by atoms with Crippen LogP contribution in [0, 0.1) is 0 Å². The van der Waals surface area contributed by atoms with Crippen LogP contribution in [0.3, 0.4) is 0 Å². The molecule has 0 spiro atoms. The van der Waals surface area contributed by atoms with Crippen LogP contribution in [0.5, 0.6) is 0 Å². The fourth-order valence-electron chi connectivity index (χ4n) is 1.20. The van der Waals surface area contributed by atoms with Crippen molar-refractivity contribution < 1.29 is 0 Å². The van der Waals surface area contributed by atoms with Gasteiger partial charge in [-0.25, -0.2) is 0 Å². The average molecular weight is 248 g/mol. The lowest BCUT2D eigenvalue weighted by Gasteiger charge is -2.12. The monoisotopic (exact) mass is 247 g/mol. The molecule has 0 radical (unpaired) electrons. The molecule has 0 aliphatic heterocycles. The molecular formula is C9H14BrNS. The Morgan fingerprint density at radius 2 is 2.33 bits per heavy atom. The van der Waals surface area contributed by atoms with Crippen molar-refractivity contribution in [2.75, 3.05) is 6.54 Å². The van der Waals surface area contributed by atoms with Gasteiger partial charge in [0.15, 0.2) is 0 Å². The highest BCUT2D eigenvalue weighted by Gasteiger charge is 2.08. The first kappa shape index (κ1) is 10.2. The zero-order valence-electron chi connectivity index (χ0n) is 7.43. The minimum absolute atomic E-state index is 0.534. The second-order valence-corrected chi connectivity index (χ2v) is 4.54. The standard InChI is InChI=1S/C9H14BrNS/c1-3-8(11-4-2)9-5-7(10)6-12-9/h5-6,8,11H,3-4H2,1-2H3. The number of hydrogen-bond donors (Lipinski definition) is 1. The molecule has 1 nitrogen and oxygen atoms in total. The van der Waals surface area contributed by atoms with Crippen molar-refractivity contribution in [2.45, 2.75) is 26.3 Å². The lowest BCUT2D eigenvalue weighted by molar-refractivity contribution is 0.545. The lowest BCUT2D eigenvalue weighted by atomic mass is 10.2. The van der Waals surface area contributed by atoms with Crippen LogP contribution in [0.2, 0.25) is 0 Å². The highest BCUT2D eigenvalue weighted by atomic mass is 79.9. The van der Waals surface area contributed by atoms with Crippen molar-refractivity contribution in [1.29, 1.82) is 0 Å². The van der Waals surface area contributed by atoms with Gasteiger partial charge in [-0.05, 0) is 35.0 Å². The van der Waals surface area contributed by atoms with Crippen LogP contribution in [0.1, 0.15) is 31.2 Å². The zero-order chi connectivity index (χ0) is 8.97. The van der Waals surface area contributed by atoms with Gasteiger partial charge in [-0.2, -0.15) is 0 Å². The van der Waals surface area contributed by atoms with Gasteiger partial charge in [0.05, 0.1) is 0 Å². The Labute approximate surface area is 86.3 Å². The number of nitrogens with one attached hydrogen (secondary N) is 1. The van der Waals surface area contributed by atoms with Crippen LogP contribution in [0.25, 0.3) is 0 Å². The molecule has 0 bridgehead atoms. The molecule has 0 aliphatic rings. The molecule has 0 amide bonds. The van der Waals surface area contributed by atoms with Gasteiger partial charge in [0.25, 0.3) is 0 Å². The Morgan fingerprint density at radius 1 is 1.58 bits per heavy atom. The molecule has 1 unspecified atom stereocenters. The van der Waals surface area contributed by atoms with Crippen LogP contribution in [-0.2, 0) is 0 Å². The van der Waals surface area contributed by atoms with Crippen LogP contribution in [-0.4, -0.2) is 6.54 Å². The van der Waals surface area contributed by atoms with Crippen LogP contribution in [0.4, 0.5) is 0 Å². The van der Waals surface area contributed by atoms with E-state index in [4.69, 9.17) is 0 Å². The zero-order valence-corrected chi connectivity index (χ0v) is 9.83. The first-order valence-corrected chi connectivity index (χ1v) is 5.92. The van der Waals surface area contributed by atoms with Gasteiger partial charge in [-0.15, -0.1) is 11.3 Å². The molecule has 1 heterocycles. The summed E-state index contributed by atoms with van der Waals surface area (Å²) in [5.74, 6) is 0. The third kappa shape index (κ3) is 2.57. The molecule has 3 heteroatoms. The van der Waals surface area contributed by atoms with Crippen molar-refractivity contribution in [1.82, 2.24) is 5.32 Å². The maximum Gasteiger partial charge on any atom is 0.0412 e. The molecule has 1 atom stereocenters. The fourth-order valence-corrected chi connectivity index (χ4v) is 2.81. The maximum atomic E-state index is 3.46. The Morgan fingerprint density at radius 3 is 2.75 bits per heavy atom. The molecule has 0 aliphatic carbocycles. The smallest absolute Gasteiger partial charge is 0.0412 e. The van der Waals surface area contributed by atoms with Crippen molar-refractivity contribution in [3.63, 3.8) is 0 Å². The van der Waals surface area contributed by atoms with E-state index < -0.39 is 0 Å². The third-order valence-corrected chi connectivity index (χ3v) is 3.60. The van der Waals surface area contributed by atoms with Gasteiger partial charge in [-0.3, -0.25) is 0 Å². The van der Waals surface area contributed by atoms with E-state index in [1.54, 1.807) is 0 Å². The van der Waals surface area contributed by atoms with E-state index >= 15 is 0 Å². The van der Waals surface area contributed by atoms with Gasteiger partial charge in [0.1, 0.15) is 0 Å². The van der Waals surface area contributed by atoms with Crippen LogP contribution >= 0.6 is 27.3 Å².